The fraction of sp³-hybridized carbons (Fsp3) is 0.812. The standard InChI is InChI=1S/C16H27N3O4/c1-11(2)5-4-6-12(3)17-13(20)9-19-14(21)16(18-15(19)22)7-8-23-10-16/h11-12H,4-10H2,1-3H3,(H,17,20)(H,18,22). The van der Waals surface area contributed by atoms with Gasteiger partial charge in [-0.3, -0.25) is 14.5 Å². The average molecular weight is 325 g/mol. The zero-order chi connectivity index (χ0) is 17.0. The Bertz CT molecular complexity index is 472. The molecule has 2 N–H and O–H groups in total. The second kappa shape index (κ2) is 7.29. The molecule has 0 radical (unpaired) electrons. The molecule has 0 aliphatic carbocycles. The van der Waals surface area contributed by atoms with Gasteiger partial charge in [0.25, 0.3) is 5.91 Å². The lowest BCUT2D eigenvalue weighted by Gasteiger charge is -2.19. The Morgan fingerprint density at radius 3 is 2.70 bits per heavy atom. The molecule has 0 saturated carbocycles. The molecule has 7 nitrogen and oxygen atoms in total. The molecule has 130 valence electrons. The van der Waals surface area contributed by atoms with Crippen molar-refractivity contribution in [3.05, 3.63) is 0 Å². The van der Waals surface area contributed by atoms with E-state index in [-0.39, 0.29) is 31.0 Å². The molecule has 2 heterocycles. The Balaban J connectivity index is 1.81. The number of urea groups is 1. The van der Waals surface area contributed by atoms with Gasteiger partial charge in [0, 0.05) is 19.1 Å². The summed E-state index contributed by atoms with van der Waals surface area (Å²) in [5, 5.41) is 5.52. The summed E-state index contributed by atoms with van der Waals surface area (Å²) in [6.07, 6.45) is 3.52. The molecule has 0 aromatic rings. The predicted molar refractivity (Wildman–Crippen MR) is 84.7 cm³/mol. The van der Waals surface area contributed by atoms with Crippen molar-refractivity contribution < 1.29 is 19.1 Å². The third-order valence-corrected chi connectivity index (χ3v) is 4.40. The monoisotopic (exact) mass is 325 g/mol. The lowest BCUT2D eigenvalue weighted by atomic mass is 9.99. The van der Waals surface area contributed by atoms with E-state index >= 15 is 0 Å². The Morgan fingerprint density at radius 1 is 1.35 bits per heavy atom. The van der Waals surface area contributed by atoms with E-state index in [1.165, 1.54) is 0 Å². The van der Waals surface area contributed by atoms with E-state index in [2.05, 4.69) is 24.5 Å². The van der Waals surface area contributed by atoms with Gasteiger partial charge in [-0.2, -0.15) is 0 Å². The van der Waals surface area contributed by atoms with E-state index in [1.54, 1.807) is 0 Å². The highest BCUT2D eigenvalue weighted by Gasteiger charge is 2.53. The van der Waals surface area contributed by atoms with E-state index in [4.69, 9.17) is 4.74 Å². The fourth-order valence-electron chi connectivity index (χ4n) is 3.02. The molecule has 2 saturated heterocycles. The number of carbonyl (C=O) groups is 3. The number of nitrogens with zero attached hydrogens (tertiary/aromatic N) is 1. The quantitative estimate of drug-likeness (QED) is 0.684. The van der Waals surface area contributed by atoms with Crippen molar-refractivity contribution in [1.29, 1.82) is 0 Å². The molecule has 2 aliphatic heterocycles. The lowest BCUT2D eigenvalue weighted by Crippen LogP contribution is -2.48. The summed E-state index contributed by atoms with van der Waals surface area (Å²) in [5.74, 6) is -0.0160. The second-order valence-corrected chi connectivity index (χ2v) is 7.00. The number of hydrogen-bond acceptors (Lipinski definition) is 4. The van der Waals surface area contributed by atoms with Crippen LogP contribution >= 0.6 is 0 Å². The van der Waals surface area contributed by atoms with Crippen LogP contribution in [-0.4, -0.2) is 54.1 Å². The van der Waals surface area contributed by atoms with Crippen LogP contribution in [0.1, 0.15) is 46.5 Å². The molecule has 0 bridgehead atoms. The first-order chi connectivity index (χ1) is 10.8. The number of carbonyl (C=O) groups excluding carboxylic acids is 3. The van der Waals surface area contributed by atoms with Crippen molar-refractivity contribution in [2.24, 2.45) is 5.92 Å². The lowest BCUT2D eigenvalue weighted by molar-refractivity contribution is -0.135. The predicted octanol–water partition coefficient (Wildman–Crippen LogP) is 1.03. The van der Waals surface area contributed by atoms with E-state index in [9.17, 15) is 14.4 Å². The molecule has 2 aliphatic rings. The van der Waals surface area contributed by atoms with E-state index < -0.39 is 11.6 Å². The molecule has 1 spiro atoms. The number of imide groups is 1. The van der Waals surface area contributed by atoms with Crippen molar-refractivity contribution in [1.82, 2.24) is 15.5 Å². The van der Waals surface area contributed by atoms with Crippen molar-refractivity contribution in [2.45, 2.75) is 58.0 Å². The number of rotatable bonds is 7. The van der Waals surface area contributed by atoms with Crippen LogP contribution in [0.15, 0.2) is 0 Å². The normalized spacial score (nSPS) is 25.3. The first-order valence-corrected chi connectivity index (χ1v) is 8.35. The van der Waals surface area contributed by atoms with Crippen LogP contribution in [0.3, 0.4) is 0 Å². The van der Waals surface area contributed by atoms with Crippen LogP contribution < -0.4 is 10.6 Å². The van der Waals surface area contributed by atoms with Crippen molar-refractivity contribution in [3.8, 4) is 0 Å². The van der Waals surface area contributed by atoms with Crippen LogP contribution in [0.25, 0.3) is 0 Å². The topological polar surface area (TPSA) is 87.7 Å². The molecule has 4 amide bonds. The van der Waals surface area contributed by atoms with Gasteiger partial charge in [0.05, 0.1) is 6.61 Å². The third kappa shape index (κ3) is 4.22. The van der Waals surface area contributed by atoms with Crippen LogP contribution in [-0.2, 0) is 14.3 Å². The molecular formula is C16H27N3O4. The molecule has 2 atom stereocenters. The zero-order valence-electron chi connectivity index (χ0n) is 14.2. The highest BCUT2D eigenvalue weighted by Crippen LogP contribution is 2.26. The number of hydrogen-bond donors (Lipinski definition) is 2. The smallest absolute Gasteiger partial charge is 0.325 e. The van der Waals surface area contributed by atoms with Crippen molar-refractivity contribution in [3.63, 3.8) is 0 Å². The maximum atomic E-state index is 12.4. The van der Waals surface area contributed by atoms with Crippen LogP contribution in [0.4, 0.5) is 4.79 Å². The first-order valence-electron chi connectivity index (χ1n) is 8.35. The number of nitrogens with one attached hydrogen (secondary N) is 2. The maximum absolute atomic E-state index is 12.4. The maximum Gasteiger partial charge on any atom is 0.325 e. The summed E-state index contributed by atoms with van der Waals surface area (Å²) < 4.78 is 5.22. The summed E-state index contributed by atoms with van der Waals surface area (Å²) in [6.45, 7) is 6.67. The Kier molecular flexibility index (Phi) is 5.62. The summed E-state index contributed by atoms with van der Waals surface area (Å²) in [4.78, 5) is 37.4. The van der Waals surface area contributed by atoms with Crippen molar-refractivity contribution in [2.75, 3.05) is 19.8 Å². The van der Waals surface area contributed by atoms with Gasteiger partial charge >= 0.3 is 6.03 Å². The molecule has 0 aromatic carbocycles. The van der Waals surface area contributed by atoms with E-state index in [0.717, 1.165) is 24.2 Å². The van der Waals surface area contributed by atoms with Gasteiger partial charge in [-0.15, -0.1) is 0 Å². The molecule has 2 rings (SSSR count). The second-order valence-electron chi connectivity index (χ2n) is 7.00. The molecule has 23 heavy (non-hydrogen) atoms. The SMILES string of the molecule is CC(C)CCCC(C)NC(=O)CN1C(=O)NC2(CCOC2)C1=O. The largest absolute Gasteiger partial charge is 0.378 e. The number of ether oxygens (including phenoxy) is 1. The van der Waals surface area contributed by atoms with Gasteiger partial charge in [-0.1, -0.05) is 26.7 Å². The summed E-state index contributed by atoms with van der Waals surface area (Å²) >= 11 is 0. The Labute approximate surface area is 137 Å². The molecule has 0 aromatic heterocycles. The molecule has 2 fully saturated rings. The van der Waals surface area contributed by atoms with Gasteiger partial charge in [0.2, 0.25) is 5.91 Å². The van der Waals surface area contributed by atoms with Gasteiger partial charge in [-0.05, 0) is 19.3 Å². The van der Waals surface area contributed by atoms with Gasteiger partial charge in [0.1, 0.15) is 12.1 Å². The highest BCUT2D eigenvalue weighted by molar-refractivity contribution is 6.09. The average Bonchev–Trinajstić information content (AvgIpc) is 3.00. The zero-order valence-corrected chi connectivity index (χ0v) is 14.2. The molecular weight excluding hydrogens is 298 g/mol. The minimum atomic E-state index is -0.958. The minimum Gasteiger partial charge on any atom is -0.378 e. The van der Waals surface area contributed by atoms with E-state index in [1.807, 2.05) is 6.92 Å². The van der Waals surface area contributed by atoms with E-state index in [0.29, 0.717) is 18.9 Å². The van der Waals surface area contributed by atoms with Crippen LogP contribution in [0.2, 0.25) is 0 Å². The Morgan fingerprint density at radius 2 is 2.09 bits per heavy atom. The van der Waals surface area contributed by atoms with Crippen LogP contribution in [0, 0.1) is 5.92 Å². The van der Waals surface area contributed by atoms with Gasteiger partial charge in [-0.25, -0.2) is 4.79 Å². The first kappa shape index (κ1) is 17.7. The fourth-order valence-corrected chi connectivity index (χ4v) is 3.02. The van der Waals surface area contributed by atoms with Gasteiger partial charge in [0.15, 0.2) is 0 Å². The minimum absolute atomic E-state index is 0.0331. The molecule has 7 heteroatoms. The van der Waals surface area contributed by atoms with Crippen molar-refractivity contribution >= 4 is 17.8 Å². The number of amides is 4. The Hall–Kier alpha value is -1.63. The summed E-state index contributed by atoms with van der Waals surface area (Å²) in [5.41, 5.74) is -0.958. The summed E-state index contributed by atoms with van der Waals surface area (Å²) in [7, 11) is 0. The highest BCUT2D eigenvalue weighted by atomic mass is 16.5. The molecule has 2 unspecified atom stereocenters. The third-order valence-electron chi connectivity index (χ3n) is 4.40. The summed E-state index contributed by atoms with van der Waals surface area (Å²) in [6, 6.07) is -0.478. The van der Waals surface area contributed by atoms with Gasteiger partial charge < -0.3 is 15.4 Å². The van der Waals surface area contributed by atoms with Crippen LogP contribution in [0.5, 0.6) is 0 Å².